The summed E-state index contributed by atoms with van der Waals surface area (Å²) in [6.45, 7) is 1.55. The fourth-order valence-corrected chi connectivity index (χ4v) is 2.28. The summed E-state index contributed by atoms with van der Waals surface area (Å²) in [4.78, 5) is 2.13. The van der Waals surface area contributed by atoms with Gasteiger partial charge in [0.1, 0.15) is 5.82 Å². The Morgan fingerprint density at radius 3 is 2.56 bits per heavy atom. The zero-order valence-corrected chi connectivity index (χ0v) is 9.97. The molecule has 16 heavy (non-hydrogen) atoms. The fraction of sp³-hybridized carbons (Fsp3) is 0.500. The monoisotopic (exact) mass is 243 g/mol. The Morgan fingerprint density at radius 1 is 1.38 bits per heavy atom. The van der Waals surface area contributed by atoms with Gasteiger partial charge in [-0.05, 0) is 32.0 Å². The van der Waals surface area contributed by atoms with Crippen LogP contribution >= 0.6 is 11.6 Å². The summed E-state index contributed by atoms with van der Waals surface area (Å²) in [5.74, 6) is -0.417. The van der Waals surface area contributed by atoms with Crippen LogP contribution in [-0.4, -0.2) is 30.1 Å². The van der Waals surface area contributed by atoms with Crippen molar-refractivity contribution in [3.63, 3.8) is 0 Å². The van der Waals surface area contributed by atoms with Crippen molar-refractivity contribution in [3.8, 4) is 0 Å². The first-order valence-electron chi connectivity index (χ1n) is 5.38. The standard InChI is InChI=1S/C12H15ClFNO/c1-15-6-4-12(16,5-7-15)10-3-2-9(13)8-11(10)14/h2-3,8,16H,4-7H2,1H3. The number of rotatable bonds is 1. The third-order valence-corrected chi connectivity index (χ3v) is 3.48. The first-order valence-corrected chi connectivity index (χ1v) is 5.75. The van der Waals surface area contributed by atoms with Crippen LogP contribution in [0.3, 0.4) is 0 Å². The van der Waals surface area contributed by atoms with Crippen molar-refractivity contribution in [3.05, 3.63) is 34.6 Å². The molecule has 1 aromatic carbocycles. The molecule has 0 radical (unpaired) electrons. The summed E-state index contributed by atoms with van der Waals surface area (Å²) >= 11 is 5.69. The smallest absolute Gasteiger partial charge is 0.130 e. The van der Waals surface area contributed by atoms with E-state index in [0.29, 0.717) is 23.4 Å². The fourth-order valence-electron chi connectivity index (χ4n) is 2.12. The van der Waals surface area contributed by atoms with Gasteiger partial charge in [0.05, 0.1) is 5.60 Å². The van der Waals surface area contributed by atoms with Crippen LogP contribution in [0.2, 0.25) is 5.02 Å². The molecular formula is C12H15ClFNO. The lowest BCUT2D eigenvalue weighted by Crippen LogP contribution is -2.41. The van der Waals surface area contributed by atoms with Crippen LogP contribution in [0.1, 0.15) is 18.4 Å². The summed E-state index contributed by atoms with van der Waals surface area (Å²) < 4.78 is 13.7. The highest BCUT2D eigenvalue weighted by atomic mass is 35.5. The molecule has 1 heterocycles. The van der Waals surface area contributed by atoms with Crippen molar-refractivity contribution in [2.45, 2.75) is 18.4 Å². The molecule has 1 aliphatic rings. The molecule has 0 saturated carbocycles. The van der Waals surface area contributed by atoms with Gasteiger partial charge < -0.3 is 10.0 Å². The van der Waals surface area contributed by atoms with E-state index in [0.717, 1.165) is 13.1 Å². The lowest BCUT2D eigenvalue weighted by atomic mass is 9.84. The third kappa shape index (κ3) is 2.21. The van der Waals surface area contributed by atoms with E-state index in [2.05, 4.69) is 4.90 Å². The van der Waals surface area contributed by atoms with Crippen molar-refractivity contribution in [1.82, 2.24) is 4.90 Å². The quantitative estimate of drug-likeness (QED) is 0.819. The van der Waals surface area contributed by atoms with Crippen LogP contribution in [0.15, 0.2) is 18.2 Å². The van der Waals surface area contributed by atoms with Crippen molar-refractivity contribution < 1.29 is 9.50 Å². The molecule has 1 aliphatic heterocycles. The molecular weight excluding hydrogens is 229 g/mol. The highest BCUT2D eigenvalue weighted by Crippen LogP contribution is 2.34. The van der Waals surface area contributed by atoms with Crippen molar-refractivity contribution in [2.75, 3.05) is 20.1 Å². The molecule has 1 saturated heterocycles. The van der Waals surface area contributed by atoms with Gasteiger partial charge in [0.15, 0.2) is 0 Å². The minimum atomic E-state index is -1.04. The maximum atomic E-state index is 13.7. The molecule has 4 heteroatoms. The van der Waals surface area contributed by atoms with E-state index in [1.165, 1.54) is 6.07 Å². The van der Waals surface area contributed by atoms with Crippen LogP contribution in [-0.2, 0) is 5.60 Å². The molecule has 1 aromatic rings. The Labute approximate surface area is 99.6 Å². The minimum Gasteiger partial charge on any atom is -0.385 e. The van der Waals surface area contributed by atoms with Crippen molar-refractivity contribution in [2.24, 2.45) is 0 Å². The maximum absolute atomic E-state index is 13.7. The summed E-state index contributed by atoms with van der Waals surface area (Å²) in [7, 11) is 2.00. The van der Waals surface area contributed by atoms with Gasteiger partial charge in [-0.1, -0.05) is 17.7 Å². The van der Waals surface area contributed by atoms with E-state index < -0.39 is 11.4 Å². The lowest BCUT2D eigenvalue weighted by molar-refractivity contribution is -0.0230. The molecule has 0 amide bonds. The summed E-state index contributed by atoms with van der Waals surface area (Å²) in [6, 6.07) is 4.46. The predicted molar refractivity (Wildman–Crippen MR) is 62.0 cm³/mol. The zero-order chi connectivity index (χ0) is 11.8. The van der Waals surface area contributed by atoms with Crippen LogP contribution in [0.4, 0.5) is 4.39 Å². The summed E-state index contributed by atoms with van der Waals surface area (Å²) in [5, 5.41) is 10.8. The molecule has 2 rings (SSSR count). The third-order valence-electron chi connectivity index (χ3n) is 3.25. The number of aliphatic hydroxyl groups is 1. The first kappa shape index (κ1) is 11.8. The van der Waals surface area contributed by atoms with Gasteiger partial charge in [-0.3, -0.25) is 0 Å². The second kappa shape index (κ2) is 4.32. The van der Waals surface area contributed by atoms with E-state index in [-0.39, 0.29) is 0 Å². The molecule has 0 aromatic heterocycles. The highest BCUT2D eigenvalue weighted by molar-refractivity contribution is 6.30. The number of nitrogens with zero attached hydrogens (tertiary/aromatic N) is 1. The molecule has 1 N–H and O–H groups in total. The Kier molecular flexibility index (Phi) is 3.19. The first-order chi connectivity index (χ1) is 7.51. The van der Waals surface area contributed by atoms with Gasteiger partial charge in [0, 0.05) is 23.7 Å². The van der Waals surface area contributed by atoms with E-state index in [9.17, 15) is 9.50 Å². The second-order valence-corrected chi connectivity index (χ2v) is 4.90. The van der Waals surface area contributed by atoms with Gasteiger partial charge in [-0.15, -0.1) is 0 Å². The van der Waals surface area contributed by atoms with Crippen LogP contribution in [0.5, 0.6) is 0 Å². The number of hydrogen-bond donors (Lipinski definition) is 1. The van der Waals surface area contributed by atoms with E-state index in [4.69, 9.17) is 11.6 Å². The SMILES string of the molecule is CN1CCC(O)(c2ccc(Cl)cc2F)CC1. The Hall–Kier alpha value is -0.640. The topological polar surface area (TPSA) is 23.5 Å². The molecule has 0 atom stereocenters. The largest absolute Gasteiger partial charge is 0.385 e. The zero-order valence-electron chi connectivity index (χ0n) is 9.21. The van der Waals surface area contributed by atoms with E-state index in [1.54, 1.807) is 12.1 Å². The minimum absolute atomic E-state index is 0.359. The molecule has 1 fully saturated rings. The van der Waals surface area contributed by atoms with E-state index in [1.807, 2.05) is 7.05 Å². The number of halogens is 2. The van der Waals surface area contributed by atoms with Crippen LogP contribution in [0.25, 0.3) is 0 Å². The molecule has 88 valence electrons. The van der Waals surface area contributed by atoms with Crippen molar-refractivity contribution in [1.29, 1.82) is 0 Å². The second-order valence-electron chi connectivity index (χ2n) is 4.46. The molecule has 0 unspecified atom stereocenters. The van der Waals surface area contributed by atoms with Crippen LogP contribution in [0, 0.1) is 5.82 Å². The average Bonchev–Trinajstić information content (AvgIpc) is 2.22. The predicted octanol–water partition coefficient (Wildman–Crippen LogP) is 2.39. The molecule has 0 aliphatic carbocycles. The van der Waals surface area contributed by atoms with Gasteiger partial charge in [0.25, 0.3) is 0 Å². The van der Waals surface area contributed by atoms with Crippen LogP contribution < -0.4 is 0 Å². The average molecular weight is 244 g/mol. The lowest BCUT2D eigenvalue weighted by Gasteiger charge is -2.37. The maximum Gasteiger partial charge on any atom is 0.130 e. The number of piperidine rings is 1. The number of benzene rings is 1. The van der Waals surface area contributed by atoms with E-state index >= 15 is 0 Å². The molecule has 0 bridgehead atoms. The van der Waals surface area contributed by atoms with Gasteiger partial charge in [-0.25, -0.2) is 4.39 Å². The number of likely N-dealkylation sites (tertiary alicyclic amines) is 1. The Morgan fingerprint density at radius 2 is 2.00 bits per heavy atom. The van der Waals surface area contributed by atoms with Gasteiger partial charge >= 0.3 is 0 Å². The van der Waals surface area contributed by atoms with Gasteiger partial charge in [-0.2, -0.15) is 0 Å². The molecule has 2 nitrogen and oxygen atoms in total. The molecule has 0 spiro atoms. The normalized spacial score (nSPS) is 21.0. The Balaban J connectivity index is 2.29. The summed E-state index contributed by atoms with van der Waals surface area (Å²) in [5.41, 5.74) is -0.675. The van der Waals surface area contributed by atoms with Gasteiger partial charge in [0.2, 0.25) is 0 Å². The Bertz CT molecular complexity index is 389. The number of hydrogen-bond acceptors (Lipinski definition) is 2. The highest BCUT2D eigenvalue weighted by Gasteiger charge is 2.35. The van der Waals surface area contributed by atoms with Crippen molar-refractivity contribution >= 4 is 11.6 Å². The summed E-state index contributed by atoms with van der Waals surface area (Å²) in [6.07, 6.45) is 1.12.